The molecule has 0 aliphatic carbocycles. The van der Waals surface area contributed by atoms with Crippen molar-refractivity contribution < 1.29 is 18.7 Å². The number of aryl methyl sites for hydroxylation is 1. The standard InChI is InChI=1S/C21H21FN6O3.H2S/c1-5-31-20(29)15-10-23-27(11-15)21-24-17-12(2)26-28(18(17)19(25-21)30-4)13(3)14-6-8-16(22)9-7-14;/h6-11,13H,5H2,1-4H3;1H2/t13-;/m0./s1. The molecule has 4 aromatic rings. The van der Waals surface area contributed by atoms with E-state index in [4.69, 9.17) is 9.47 Å². The average molecular weight is 459 g/mol. The molecule has 11 heteroatoms. The number of methoxy groups -OCH3 is 1. The van der Waals surface area contributed by atoms with Gasteiger partial charge in [0.1, 0.15) is 16.9 Å². The van der Waals surface area contributed by atoms with E-state index in [2.05, 4.69) is 20.2 Å². The summed E-state index contributed by atoms with van der Waals surface area (Å²) in [7, 11) is 1.51. The molecule has 4 rings (SSSR count). The summed E-state index contributed by atoms with van der Waals surface area (Å²) in [5, 5.41) is 8.80. The molecule has 0 aliphatic rings. The molecule has 3 heterocycles. The Morgan fingerprint density at radius 1 is 1.22 bits per heavy atom. The van der Waals surface area contributed by atoms with Crippen LogP contribution in [0.3, 0.4) is 0 Å². The van der Waals surface area contributed by atoms with E-state index >= 15 is 0 Å². The van der Waals surface area contributed by atoms with Crippen LogP contribution < -0.4 is 4.74 Å². The van der Waals surface area contributed by atoms with Crippen molar-refractivity contribution in [3.05, 3.63) is 59.3 Å². The van der Waals surface area contributed by atoms with E-state index in [0.717, 1.165) is 5.56 Å². The first-order valence-corrected chi connectivity index (χ1v) is 9.71. The lowest BCUT2D eigenvalue weighted by molar-refractivity contribution is 0.0526. The molecule has 1 aromatic carbocycles. The van der Waals surface area contributed by atoms with Gasteiger partial charge >= 0.3 is 5.97 Å². The topological polar surface area (TPSA) is 96.9 Å². The van der Waals surface area contributed by atoms with Gasteiger partial charge in [0.2, 0.25) is 5.88 Å². The maximum atomic E-state index is 13.3. The molecule has 0 amide bonds. The van der Waals surface area contributed by atoms with Crippen LogP contribution in [-0.2, 0) is 4.74 Å². The molecule has 0 N–H and O–H groups in total. The summed E-state index contributed by atoms with van der Waals surface area (Å²) >= 11 is 0. The van der Waals surface area contributed by atoms with Crippen molar-refractivity contribution in [1.82, 2.24) is 29.5 Å². The van der Waals surface area contributed by atoms with Crippen molar-refractivity contribution in [2.75, 3.05) is 13.7 Å². The molecule has 3 aromatic heterocycles. The number of aromatic nitrogens is 6. The van der Waals surface area contributed by atoms with Crippen molar-refractivity contribution in [3.63, 3.8) is 0 Å². The van der Waals surface area contributed by atoms with Crippen molar-refractivity contribution in [3.8, 4) is 11.8 Å². The maximum Gasteiger partial charge on any atom is 0.341 e. The second-order valence-electron chi connectivity index (χ2n) is 6.88. The highest BCUT2D eigenvalue weighted by Gasteiger charge is 2.22. The Morgan fingerprint density at radius 3 is 2.59 bits per heavy atom. The number of halogens is 1. The number of benzene rings is 1. The average Bonchev–Trinajstić information content (AvgIpc) is 3.39. The number of hydrogen-bond acceptors (Lipinski definition) is 7. The highest BCUT2D eigenvalue weighted by molar-refractivity contribution is 7.59. The molecule has 0 unspecified atom stereocenters. The molecular formula is C21H23FN6O3S. The second kappa shape index (κ2) is 9.35. The normalized spacial score (nSPS) is 11.8. The zero-order chi connectivity index (χ0) is 22.1. The Kier molecular flexibility index (Phi) is 6.78. The van der Waals surface area contributed by atoms with Crippen molar-refractivity contribution in [2.45, 2.75) is 26.8 Å². The van der Waals surface area contributed by atoms with Crippen molar-refractivity contribution in [2.24, 2.45) is 0 Å². The summed E-state index contributed by atoms with van der Waals surface area (Å²) in [6.45, 7) is 5.79. The molecule has 0 fully saturated rings. The minimum atomic E-state index is -0.473. The minimum Gasteiger partial charge on any atom is -0.479 e. The fraction of sp³-hybridized carbons (Fsp3) is 0.286. The first-order valence-electron chi connectivity index (χ1n) is 9.71. The lowest BCUT2D eigenvalue weighted by atomic mass is 10.1. The Hall–Kier alpha value is -3.47. The first kappa shape index (κ1) is 23.2. The molecule has 9 nitrogen and oxygen atoms in total. The van der Waals surface area contributed by atoms with Gasteiger partial charge < -0.3 is 9.47 Å². The van der Waals surface area contributed by atoms with Crippen LogP contribution >= 0.6 is 13.5 Å². The predicted octanol–water partition coefficient (Wildman–Crippen LogP) is 3.37. The summed E-state index contributed by atoms with van der Waals surface area (Å²) in [6.07, 6.45) is 2.89. The van der Waals surface area contributed by atoms with Crippen molar-refractivity contribution in [1.29, 1.82) is 0 Å². The van der Waals surface area contributed by atoms with Gasteiger partial charge in [-0.1, -0.05) is 12.1 Å². The number of carbonyl (C=O) groups excluding carboxylic acids is 1. The van der Waals surface area contributed by atoms with Crippen LogP contribution in [-0.4, -0.2) is 49.2 Å². The summed E-state index contributed by atoms with van der Waals surface area (Å²) in [5.74, 6) is -0.233. The van der Waals surface area contributed by atoms with Crippen LogP contribution in [0.15, 0.2) is 36.7 Å². The molecule has 168 valence electrons. The van der Waals surface area contributed by atoms with Gasteiger partial charge in [-0.05, 0) is 38.5 Å². The quantitative estimate of drug-likeness (QED) is 0.409. The number of hydrogen-bond donors (Lipinski definition) is 0. The van der Waals surface area contributed by atoms with E-state index in [1.165, 1.54) is 36.3 Å². The molecule has 0 spiro atoms. The fourth-order valence-corrected chi connectivity index (χ4v) is 3.30. The van der Waals surface area contributed by atoms with Crippen LogP contribution in [0.5, 0.6) is 5.88 Å². The van der Waals surface area contributed by atoms with E-state index in [1.54, 1.807) is 23.7 Å². The number of nitrogens with zero attached hydrogens (tertiary/aromatic N) is 6. The van der Waals surface area contributed by atoms with Crippen LogP contribution in [0.2, 0.25) is 0 Å². The van der Waals surface area contributed by atoms with Crippen LogP contribution in [0, 0.1) is 12.7 Å². The summed E-state index contributed by atoms with van der Waals surface area (Å²) < 4.78 is 27.0. The van der Waals surface area contributed by atoms with E-state index in [9.17, 15) is 9.18 Å². The van der Waals surface area contributed by atoms with Gasteiger partial charge in [-0.15, -0.1) is 0 Å². The molecular weight excluding hydrogens is 435 g/mol. The Morgan fingerprint density at radius 2 is 1.94 bits per heavy atom. The molecule has 0 radical (unpaired) electrons. The largest absolute Gasteiger partial charge is 0.479 e. The molecule has 0 bridgehead atoms. The molecule has 1 atom stereocenters. The number of carbonyl (C=O) groups is 1. The summed E-state index contributed by atoms with van der Waals surface area (Å²) in [4.78, 5) is 21.0. The third-order valence-electron chi connectivity index (χ3n) is 4.88. The van der Waals surface area contributed by atoms with E-state index in [0.29, 0.717) is 28.2 Å². The van der Waals surface area contributed by atoms with Crippen LogP contribution in [0.4, 0.5) is 4.39 Å². The molecule has 32 heavy (non-hydrogen) atoms. The van der Waals surface area contributed by atoms with E-state index < -0.39 is 5.97 Å². The Balaban J connectivity index is 0.00000289. The summed E-state index contributed by atoms with van der Waals surface area (Å²) in [6, 6.07) is 6.04. The fourth-order valence-electron chi connectivity index (χ4n) is 3.30. The van der Waals surface area contributed by atoms with Crippen LogP contribution in [0.25, 0.3) is 17.0 Å². The molecule has 0 aliphatic heterocycles. The van der Waals surface area contributed by atoms with E-state index in [1.807, 2.05) is 13.8 Å². The Bertz CT molecular complexity index is 1250. The second-order valence-corrected chi connectivity index (χ2v) is 6.88. The first-order chi connectivity index (χ1) is 14.9. The number of rotatable bonds is 6. The van der Waals surface area contributed by atoms with E-state index in [-0.39, 0.29) is 37.9 Å². The molecule has 0 saturated carbocycles. The highest BCUT2D eigenvalue weighted by Crippen LogP contribution is 2.30. The minimum absolute atomic E-state index is 0. The van der Waals surface area contributed by atoms with Gasteiger partial charge in [-0.3, -0.25) is 4.68 Å². The third kappa shape index (κ3) is 4.15. The zero-order valence-corrected chi connectivity index (χ0v) is 19.0. The van der Waals surface area contributed by atoms with Crippen LogP contribution in [0.1, 0.15) is 41.5 Å². The Labute approximate surface area is 190 Å². The molecule has 0 saturated heterocycles. The zero-order valence-electron chi connectivity index (χ0n) is 18.0. The van der Waals surface area contributed by atoms with Gasteiger partial charge in [-0.25, -0.2) is 18.9 Å². The van der Waals surface area contributed by atoms with Gasteiger partial charge in [0.05, 0.1) is 37.2 Å². The number of fused-ring (bicyclic) bond motifs is 1. The lowest BCUT2D eigenvalue weighted by Gasteiger charge is -2.15. The third-order valence-corrected chi connectivity index (χ3v) is 4.88. The van der Waals surface area contributed by atoms with Gasteiger partial charge in [-0.2, -0.15) is 28.7 Å². The highest BCUT2D eigenvalue weighted by atomic mass is 32.1. The van der Waals surface area contributed by atoms with Gasteiger partial charge in [0, 0.05) is 6.20 Å². The summed E-state index contributed by atoms with van der Waals surface area (Å²) in [5.41, 5.74) is 3.04. The van der Waals surface area contributed by atoms with Crippen molar-refractivity contribution >= 4 is 30.5 Å². The SMILES string of the molecule is CCOC(=O)c1cnn(-c2nc(OC)c3c(n2)c(C)nn3[C@@H](C)c2ccc(F)cc2)c1.S. The monoisotopic (exact) mass is 458 g/mol. The smallest absolute Gasteiger partial charge is 0.341 e. The lowest BCUT2D eigenvalue weighted by Crippen LogP contribution is -2.11. The van der Waals surface area contributed by atoms with Gasteiger partial charge in [0.15, 0.2) is 0 Å². The predicted molar refractivity (Wildman–Crippen MR) is 120 cm³/mol. The van der Waals surface area contributed by atoms with Gasteiger partial charge in [0.25, 0.3) is 5.95 Å². The number of esters is 1. The number of ether oxygens (including phenoxy) is 2. The maximum absolute atomic E-state index is 13.3.